The monoisotopic (exact) mass is 539 g/mol. The van der Waals surface area contributed by atoms with Crippen molar-refractivity contribution in [3.05, 3.63) is 80.6 Å². The fourth-order valence-electron chi connectivity index (χ4n) is 4.20. The van der Waals surface area contributed by atoms with Crippen LogP contribution < -0.4 is 4.90 Å². The van der Waals surface area contributed by atoms with Crippen molar-refractivity contribution in [1.82, 2.24) is 9.88 Å². The summed E-state index contributed by atoms with van der Waals surface area (Å²) in [5.41, 5.74) is 3.54. The lowest BCUT2D eigenvalue weighted by molar-refractivity contribution is 0.0748. The molecule has 5 rings (SSSR count). The van der Waals surface area contributed by atoms with E-state index in [0.717, 1.165) is 56.2 Å². The van der Waals surface area contributed by atoms with Crippen molar-refractivity contribution in [2.75, 3.05) is 31.1 Å². The summed E-state index contributed by atoms with van der Waals surface area (Å²) in [6.07, 6.45) is 0.995. The maximum atomic E-state index is 13.7. The Bertz CT molecular complexity index is 1310. The van der Waals surface area contributed by atoms with Crippen molar-refractivity contribution in [3.63, 3.8) is 0 Å². The fourth-order valence-corrected chi connectivity index (χ4v) is 5.59. The second-order valence-corrected chi connectivity index (χ2v) is 10.6. The standard InChI is InChI=1S/C26H23BrClN3OS/c1-2-20-8-10-25(33-20)24-16-22(21-15-17(27)3-9-23(21)29-24)26(32)31-13-11-30(12-14-31)19-6-4-18(28)5-7-19/h3-10,15-16H,2,11-14H2,1H3. The highest BCUT2D eigenvalue weighted by Crippen LogP contribution is 2.32. The molecule has 0 bridgehead atoms. The molecule has 1 fully saturated rings. The maximum Gasteiger partial charge on any atom is 0.254 e. The molecule has 33 heavy (non-hydrogen) atoms. The smallest absolute Gasteiger partial charge is 0.254 e. The lowest BCUT2D eigenvalue weighted by Crippen LogP contribution is -2.48. The Labute approximate surface area is 210 Å². The number of pyridine rings is 1. The number of rotatable bonds is 4. The molecule has 0 spiro atoms. The van der Waals surface area contributed by atoms with Crippen molar-refractivity contribution in [2.45, 2.75) is 13.3 Å². The third kappa shape index (κ3) is 4.65. The van der Waals surface area contributed by atoms with E-state index in [-0.39, 0.29) is 5.91 Å². The number of aryl methyl sites for hydroxylation is 1. The average Bonchev–Trinajstić information content (AvgIpc) is 3.33. The van der Waals surface area contributed by atoms with Crippen molar-refractivity contribution in [3.8, 4) is 10.6 Å². The van der Waals surface area contributed by atoms with Crippen LogP contribution in [0.25, 0.3) is 21.5 Å². The summed E-state index contributed by atoms with van der Waals surface area (Å²) in [6, 6.07) is 20.1. The topological polar surface area (TPSA) is 36.4 Å². The zero-order chi connectivity index (χ0) is 22.9. The zero-order valence-electron chi connectivity index (χ0n) is 18.2. The van der Waals surface area contributed by atoms with Crippen LogP contribution in [0, 0.1) is 0 Å². The lowest BCUT2D eigenvalue weighted by Gasteiger charge is -2.36. The van der Waals surface area contributed by atoms with Gasteiger partial charge in [-0.3, -0.25) is 4.79 Å². The van der Waals surface area contributed by atoms with Crippen LogP contribution in [0.5, 0.6) is 0 Å². The third-order valence-corrected chi connectivity index (χ3v) is 8.02. The van der Waals surface area contributed by atoms with Crippen LogP contribution in [-0.4, -0.2) is 42.0 Å². The van der Waals surface area contributed by atoms with Gasteiger partial charge in [-0.05, 0) is 67.1 Å². The summed E-state index contributed by atoms with van der Waals surface area (Å²) in [5.74, 6) is 0.0600. The van der Waals surface area contributed by atoms with Crippen LogP contribution in [-0.2, 0) is 6.42 Å². The van der Waals surface area contributed by atoms with Crippen LogP contribution in [0.2, 0.25) is 5.02 Å². The number of aromatic nitrogens is 1. The molecular weight excluding hydrogens is 518 g/mol. The molecule has 168 valence electrons. The number of halogens is 2. The number of amides is 1. The number of anilines is 1. The third-order valence-electron chi connectivity index (χ3n) is 6.02. The Morgan fingerprint density at radius 3 is 2.48 bits per heavy atom. The van der Waals surface area contributed by atoms with Crippen molar-refractivity contribution >= 4 is 61.4 Å². The van der Waals surface area contributed by atoms with E-state index in [2.05, 4.69) is 39.9 Å². The van der Waals surface area contributed by atoms with E-state index in [9.17, 15) is 4.79 Å². The SMILES string of the molecule is CCc1ccc(-c2cc(C(=O)N3CCN(c4ccc(Cl)cc4)CC3)c3cc(Br)ccc3n2)s1. The first-order valence-corrected chi connectivity index (χ1v) is 13.0. The molecule has 1 amide bonds. The minimum absolute atomic E-state index is 0.0600. The second kappa shape index (κ2) is 9.45. The molecule has 0 unspecified atom stereocenters. The van der Waals surface area contributed by atoms with E-state index in [1.54, 1.807) is 11.3 Å². The average molecular weight is 541 g/mol. The lowest BCUT2D eigenvalue weighted by atomic mass is 10.0. The Morgan fingerprint density at radius 1 is 1.03 bits per heavy atom. The summed E-state index contributed by atoms with van der Waals surface area (Å²) in [7, 11) is 0. The number of hydrogen-bond acceptors (Lipinski definition) is 4. The van der Waals surface area contributed by atoms with Gasteiger partial charge in [-0.1, -0.05) is 34.5 Å². The quantitative estimate of drug-likeness (QED) is 0.282. The normalized spacial score (nSPS) is 14.2. The summed E-state index contributed by atoms with van der Waals surface area (Å²) >= 11 is 11.3. The number of carbonyl (C=O) groups is 1. The molecule has 2 aromatic heterocycles. The fraction of sp³-hybridized carbons (Fsp3) is 0.231. The molecule has 2 aromatic carbocycles. The highest BCUT2D eigenvalue weighted by atomic mass is 79.9. The van der Waals surface area contributed by atoms with E-state index in [0.29, 0.717) is 18.7 Å². The highest BCUT2D eigenvalue weighted by Gasteiger charge is 2.25. The number of benzene rings is 2. The molecule has 0 atom stereocenters. The van der Waals surface area contributed by atoms with Gasteiger partial charge in [-0.25, -0.2) is 4.98 Å². The Kier molecular flexibility index (Phi) is 6.41. The molecule has 1 aliphatic rings. The molecule has 0 N–H and O–H groups in total. The van der Waals surface area contributed by atoms with E-state index < -0.39 is 0 Å². The van der Waals surface area contributed by atoms with Gasteiger partial charge in [0.25, 0.3) is 5.91 Å². The molecular formula is C26H23BrClN3OS. The summed E-state index contributed by atoms with van der Waals surface area (Å²) in [4.78, 5) is 25.3. The number of hydrogen-bond donors (Lipinski definition) is 0. The summed E-state index contributed by atoms with van der Waals surface area (Å²) in [6.45, 7) is 5.08. The molecule has 4 aromatic rings. The minimum atomic E-state index is 0.0600. The largest absolute Gasteiger partial charge is 0.368 e. The molecule has 0 saturated carbocycles. The number of thiophene rings is 1. The van der Waals surface area contributed by atoms with Crippen molar-refractivity contribution < 1.29 is 4.79 Å². The first-order chi connectivity index (χ1) is 16.0. The van der Waals surface area contributed by atoms with Gasteiger partial charge in [-0.2, -0.15) is 0 Å². The summed E-state index contributed by atoms with van der Waals surface area (Å²) < 4.78 is 0.940. The molecule has 3 heterocycles. The molecule has 0 radical (unpaired) electrons. The van der Waals surface area contributed by atoms with Gasteiger partial charge in [-0.15, -0.1) is 11.3 Å². The van der Waals surface area contributed by atoms with Gasteiger partial charge < -0.3 is 9.80 Å². The predicted molar refractivity (Wildman–Crippen MR) is 142 cm³/mol. The van der Waals surface area contributed by atoms with Crippen LogP contribution in [0.3, 0.4) is 0 Å². The number of carbonyl (C=O) groups excluding carboxylic acids is 1. The van der Waals surface area contributed by atoms with Gasteiger partial charge >= 0.3 is 0 Å². The summed E-state index contributed by atoms with van der Waals surface area (Å²) in [5, 5.41) is 1.61. The highest BCUT2D eigenvalue weighted by molar-refractivity contribution is 9.10. The number of fused-ring (bicyclic) bond motifs is 1. The maximum absolute atomic E-state index is 13.7. The van der Waals surface area contributed by atoms with Gasteiger partial charge in [0, 0.05) is 51.6 Å². The Balaban J connectivity index is 1.45. The number of piperazine rings is 1. The van der Waals surface area contributed by atoms with E-state index >= 15 is 0 Å². The zero-order valence-corrected chi connectivity index (χ0v) is 21.4. The van der Waals surface area contributed by atoms with Gasteiger partial charge in [0.15, 0.2) is 0 Å². The molecule has 0 aliphatic carbocycles. The van der Waals surface area contributed by atoms with E-state index in [4.69, 9.17) is 16.6 Å². The molecule has 4 nitrogen and oxygen atoms in total. The molecule has 7 heteroatoms. The first kappa shape index (κ1) is 22.4. The Morgan fingerprint density at radius 2 is 1.79 bits per heavy atom. The van der Waals surface area contributed by atoms with Crippen molar-refractivity contribution in [2.24, 2.45) is 0 Å². The van der Waals surface area contributed by atoms with Crippen molar-refractivity contribution in [1.29, 1.82) is 0 Å². The van der Waals surface area contributed by atoms with E-state index in [1.807, 2.05) is 53.4 Å². The Hall–Kier alpha value is -2.41. The minimum Gasteiger partial charge on any atom is -0.368 e. The van der Waals surface area contributed by atoms with Gasteiger partial charge in [0.1, 0.15) is 0 Å². The first-order valence-electron chi connectivity index (χ1n) is 11.0. The van der Waals surface area contributed by atoms with Gasteiger partial charge in [0.2, 0.25) is 0 Å². The molecule has 1 saturated heterocycles. The number of nitrogens with zero attached hydrogens (tertiary/aromatic N) is 3. The van der Waals surface area contributed by atoms with Gasteiger partial charge in [0.05, 0.1) is 21.7 Å². The van der Waals surface area contributed by atoms with Crippen LogP contribution in [0.4, 0.5) is 5.69 Å². The predicted octanol–water partition coefficient (Wildman–Crippen LogP) is 6.90. The van der Waals surface area contributed by atoms with Crippen LogP contribution >= 0.6 is 38.9 Å². The van der Waals surface area contributed by atoms with Crippen LogP contribution in [0.15, 0.2) is 65.1 Å². The van der Waals surface area contributed by atoms with Crippen LogP contribution in [0.1, 0.15) is 22.2 Å². The van der Waals surface area contributed by atoms with E-state index in [1.165, 1.54) is 4.88 Å². The second-order valence-electron chi connectivity index (χ2n) is 8.09. The molecule has 1 aliphatic heterocycles.